The molecule has 2 rings (SSSR count). The van der Waals surface area contributed by atoms with E-state index in [2.05, 4.69) is 17.2 Å². The number of nitrogens with one attached hydrogen (secondary N) is 1. The monoisotopic (exact) mass is 274 g/mol. The molecule has 20 heavy (non-hydrogen) atoms. The Morgan fingerprint density at radius 3 is 2.85 bits per heavy atom. The van der Waals surface area contributed by atoms with Crippen LogP contribution in [0.4, 0.5) is 10.5 Å². The molecule has 1 fully saturated rings. The average molecular weight is 274 g/mol. The first-order chi connectivity index (χ1) is 9.70. The number of carbonyl (C=O) groups excluding carboxylic acids is 1. The Bertz CT molecular complexity index is 540. The third-order valence-corrected chi connectivity index (χ3v) is 3.08. The van der Waals surface area contributed by atoms with E-state index in [-0.39, 0.29) is 12.6 Å². The molecule has 2 amide bonds. The quantitative estimate of drug-likeness (QED) is 0.757. The number of anilines is 1. The van der Waals surface area contributed by atoms with Gasteiger partial charge in [0.15, 0.2) is 0 Å². The van der Waals surface area contributed by atoms with Crippen LogP contribution in [0.3, 0.4) is 0 Å². The van der Waals surface area contributed by atoms with E-state index in [1.807, 2.05) is 25.1 Å². The summed E-state index contributed by atoms with van der Waals surface area (Å²) < 4.78 is 5.22. The highest BCUT2D eigenvalue weighted by atomic mass is 16.5. The second-order valence-corrected chi connectivity index (χ2v) is 4.52. The number of amides is 2. The lowest BCUT2D eigenvalue weighted by Crippen LogP contribution is -2.43. The molecule has 0 spiro atoms. The molecule has 0 aromatic heterocycles. The van der Waals surface area contributed by atoms with Crippen molar-refractivity contribution in [3.63, 3.8) is 0 Å². The Balaban J connectivity index is 2.03. The van der Waals surface area contributed by atoms with Crippen molar-refractivity contribution in [2.45, 2.75) is 6.92 Å². The molecule has 2 N–H and O–H groups in total. The summed E-state index contributed by atoms with van der Waals surface area (Å²) in [5, 5.41) is 11.6. The standard InChI is InChI=1S/C15H18N2O3/c1-12-11-13(3-2-8-18)4-5-14(12)16-15(19)17-6-9-20-10-7-17/h4-5,11,18H,6-10H2,1H3,(H,16,19). The maximum absolute atomic E-state index is 12.1. The minimum atomic E-state index is -0.158. The summed E-state index contributed by atoms with van der Waals surface area (Å²) in [6.45, 7) is 4.16. The topological polar surface area (TPSA) is 61.8 Å². The van der Waals surface area contributed by atoms with E-state index in [0.717, 1.165) is 16.8 Å². The summed E-state index contributed by atoms with van der Waals surface area (Å²) in [6, 6.07) is 5.43. The smallest absolute Gasteiger partial charge is 0.322 e. The van der Waals surface area contributed by atoms with Crippen LogP contribution in [-0.2, 0) is 4.74 Å². The fourth-order valence-corrected chi connectivity index (χ4v) is 1.98. The SMILES string of the molecule is Cc1cc(C#CCO)ccc1NC(=O)N1CCOCC1. The highest BCUT2D eigenvalue weighted by Gasteiger charge is 2.17. The van der Waals surface area contributed by atoms with Gasteiger partial charge in [0.25, 0.3) is 0 Å². The minimum Gasteiger partial charge on any atom is -0.384 e. The lowest BCUT2D eigenvalue weighted by Gasteiger charge is -2.27. The van der Waals surface area contributed by atoms with Crippen molar-refractivity contribution in [2.24, 2.45) is 0 Å². The Morgan fingerprint density at radius 2 is 2.20 bits per heavy atom. The second-order valence-electron chi connectivity index (χ2n) is 4.52. The Labute approximate surface area is 118 Å². The molecule has 1 heterocycles. The van der Waals surface area contributed by atoms with E-state index in [0.29, 0.717) is 26.3 Å². The molecule has 1 aliphatic heterocycles. The van der Waals surface area contributed by atoms with E-state index in [1.54, 1.807) is 4.90 Å². The maximum atomic E-state index is 12.1. The predicted molar refractivity (Wildman–Crippen MR) is 76.6 cm³/mol. The summed E-state index contributed by atoms with van der Waals surface area (Å²) >= 11 is 0. The van der Waals surface area contributed by atoms with Gasteiger partial charge >= 0.3 is 6.03 Å². The van der Waals surface area contributed by atoms with Crippen molar-refractivity contribution in [2.75, 3.05) is 38.2 Å². The molecule has 1 saturated heterocycles. The van der Waals surface area contributed by atoms with Gasteiger partial charge < -0.3 is 20.1 Å². The third kappa shape index (κ3) is 3.73. The van der Waals surface area contributed by atoms with Crippen LogP contribution in [-0.4, -0.2) is 48.9 Å². The Morgan fingerprint density at radius 1 is 1.45 bits per heavy atom. The van der Waals surface area contributed by atoms with E-state index in [9.17, 15) is 4.79 Å². The molecular weight excluding hydrogens is 256 g/mol. The van der Waals surface area contributed by atoms with Crippen LogP contribution in [0, 0.1) is 18.8 Å². The van der Waals surface area contributed by atoms with E-state index in [4.69, 9.17) is 9.84 Å². The number of urea groups is 1. The number of benzene rings is 1. The van der Waals surface area contributed by atoms with Crippen LogP contribution in [0.5, 0.6) is 0 Å². The van der Waals surface area contributed by atoms with Crippen molar-refractivity contribution in [1.82, 2.24) is 4.90 Å². The average Bonchev–Trinajstić information content (AvgIpc) is 2.48. The molecule has 1 aromatic carbocycles. The zero-order valence-electron chi connectivity index (χ0n) is 11.5. The van der Waals surface area contributed by atoms with Crippen molar-refractivity contribution < 1.29 is 14.6 Å². The van der Waals surface area contributed by atoms with Gasteiger partial charge in [0, 0.05) is 24.3 Å². The zero-order valence-corrected chi connectivity index (χ0v) is 11.5. The first-order valence-corrected chi connectivity index (χ1v) is 6.55. The van der Waals surface area contributed by atoms with Gasteiger partial charge in [-0.25, -0.2) is 4.79 Å². The molecule has 1 aliphatic rings. The summed E-state index contributed by atoms with van der Waals surface area (Å²) in [7, 11) is 0. The predicted octanol–water partition coefficient (Wildman–Crippen LogP) is 1.20. The van der Waals surface area contributed by atoms with Crippen LogP contribution >= 0.6 is 0 Å². The van der Waals surface area contributed by atoms with Crippen molar-refractivity contribution in [3.05, 3.63) is 29.3 Å². The minimum absolute atomic E-state index is 0.106. The van der Waals surface area contributed by atoms with Gasteiger partial charge in [-0.1, -0.05) is 11.8 Å². The number of ether oxygens (including phenoxy) is 1. The second kappa shape index (κ2) is 6.94. The highest BCUT2D eigenvalue weighted by Crippen LogP contribution is 2.17. The number of rotatable bonds is 1. The summed E-state index contributed by atoms with van der Waals surface area (Å²) in [4.78, 5) is 13.8. The molecule has 0 unspecified atom stereocenters. The van der Waals surface area contributed by atoms with E-state index in [1.165, 1.54) is 0 Å². The number of aliphatic hydroxyl groups is 1. The van der Waals surface area contributed by atoms with Crippen LogP contribution in [0.15, 0.2) is 18.2 Å². The third-order valence-electron chi connectivity index (χ3n) is 3.08. The van der Waals surface area contributed by atoms with Gasteiger partial charge in [0.1, 0.15) is 6.61 Å². The Kier molecular flexibility index (Phi) is 4.99. The summed E-state index contributed by atoms with van der Waals surface area (Å²) in [6.07, 6.45) is 0. The van der Waals surface area contributed by atoms with Crippen molar-refractivity contribution in [3.8, 4) is 11.8 Å². The van der Waals surface area contributed by atoms with Gasteiger partial charge in [0.2, 0.25) is 0 Å². The van der Waals surface area contributed by atoms with Crippen molar-refractivity contribution >= 4 is 11.7 Å². The van der Waals surface area contributed by atoms with Gasteiger partial charge in [-0.05, 0) is 30.7 Å². The molecule has 0 saturated carbocycles. The fraction of sp³-hybridized carbons (Fsp3) is 0.400. The molecule has 0 aliphatic carbocycles. The maximum Gasteiger partial charge on any atom is 0.322 e. The van der Waals surface area contributed by atoms with Gasteiger partial charge in [-0.2, -0.15) is 0 Å². The number of hydrogen-bond donors (Lipinski definition) is 2. The lowest BCUT2D eigenvalue weighted by molar-refractivity contribution is 0.0564. The van der Waals surface area contributed by atoms with Crippen LogP contribution in [0.25, 0.3) is 0 Å². The molecule has 106 valence electrons. The van der Waals surface area contributed by atoms with E-state index >= 15 is 0 Å². The normalized spacial score (nSPS) is 14.4. The largest absolute Gasteiger partial charge is 0.384 e. The first-order valence-electron chi connectivity index (χ1n) is 6.55. The van der Waals surface area contributed by atoms with Gasteiger partial charge in [0.05, 0.1) is 13.2 Å². The van der Waals surface area contributed by atoms with Gasteiger partial charge in [-0.3, -0.25) is 0 Å². The lowest BCUT2D eigenvalue weighted by atomic mass is 10.1. The number of nitrogens with zero attached hydrogens (tertiary/aromatic N) is 1. The van der Waals surface area contributed by atoms with Gasteiger partial charge in [-0.15, -0.1) is 0 Å². The molecule has 5 nitrogen and oxygen atoms in total. The zero-order chi connectivity index (χ0) is 14.4. The molecule has 0 radical (unpaired) electrons. The van der Waals surface area contributed by atoms with Crippen LogP contribution < -0.4 is 5.32 Å². The highest BCUT2D eigenvalue weighted by molar-refractivity contribution is 5.90. The van der Waals surface area contributed by atoms with E-state index < -0.39 is 0 Å². The molecular formula is C15H18N2O3. The number of morpholine rings is 1. The summed E-state index contributed by atoms with van der Waals surface area (Å²) in [5.74, 6) is 5.44. The number of aliphatic hydroxyl groups excluding tert-OH is 1. The van der Waals surface area contributed by atoms with Crippen molar-refractivity contribution in [1.29, 1.82) is 0 Å². The number of aryl methyl sites for hydroxylation is 1. The fourth-order valence-electron chi connectivity index (χ4n) is 1.98. The molecule has 5 heteroatoms. The number of hydrogen-bond acceptors (Lipinski definition) is 3. The van der Waals surface area contributed by atoms with Crippen LogP contribution in [0.1, 0.15) is 11.1 Å². The summed E-state index contributed by atoms with van der Waals surface area (Å²) in [5.41, 5.74) is 2.54. The first kappa shape index (κ1) is 14.4. The van der Waals surface area contributed by atoms with Crippen LogP contribution in [0.2, 0.25) is 0 Å². The molecule has 1 aromatic rings. The number of carbonyl (C=O) groups is 1. The molecule has 0 bridgehead atoms. The molecule has 0 atom stereocenters. The Hall–Kier alpha value is -2.03.